The summed E-state index contributed by atoms with van der Waals surface area (Å²) in [5.74, 6) is 2.14. The average molecular weight is 464 g/mol. The molecule has 1 unspecified atom stereocenters. The minimum absolute atomic E-state index is 0. The monoisotopic (exact) mass is 464 g/mol. The van der Waals surface area contributed by atoms with Gasteiger partial charge in [-0.05, 0) is 30.0 Å². The molecule has 0 fully saturated rings. The lowest BCUT2D eigenvalue weighted by molar-refractivity contribution is 0.649. The first-order chi connectivity index (χ1) is 12.3. The van der Waals surface area contributed by atoms with Crippen molar-refractivity contribution < 1.29 is 0 Å². The van der Waals surface area contributed by atoms with Gasteiger partial charge in [0.05, 0.1) is 6.54 Å². The molecule has 0 radical (unpaired) electrons. The van der Waals surface area contributed by atoms with Gasteiger partial charge < -0.3 is 10.6 Å². The number of benzene rings is 1. The second kappa shape index (κ2) is 10.1. The van der Waals surface area contributed by atoms with Crippen molar-refractivity contribution >= 4 is 35.6 Å². The normalized spacial score (nSPS) is 12.5. The Balaban J connectivity index is 0.00000243. The van der Waals surface area contributed by atoms with Gasteiger partial charge in [0.1, 0.15) is 0 Å². The predicted octanol–water partition coefficient (Wildman–Crippen LogP) is 3.21. The molecule has 2 aromatic heterocycles. The van der Waals surface area contributed by atoms with Gasteiger partial charge in [0.2, 0.25) is 0 Å². The molecule has 3 aromatic rings. The number of fused-ring (bicyclic) bond motifs is 1. The van der Waals surface area contributed by atoms with Crippen molar-refractivity contribution in [1.82, 2.24) is 25.2 Å². The summed E-state index contributed by atoms with van der Waals surface area (Å²) in [6.45, 7) is 3.67. The molecule has 2 N–H and O–H groups in total. The Morgan fingerprint density at radius 1 is 1.08 bits per heavy atom. The van der Waals surface area contributed by atoms with Gasteiger partial charge in [0.25, 0.3) is 0 Å². The van der Waals surface area contributed by atoms with E-state index in [0.29, 0.717) is 12.5 Å². The molecule has 7 heteroatoms. The highest BCUT2D eigenvalue weighted by Gasteiger charge is 2.07. The Bertz CT molecular complexity index is 830. The number of aromatic nitrogens is 3. The Morgan fingerprint density at radius 2 is 1.85 bits per heavy atom. The Morgan fingerprint density at radius 3 is 2.62 bits per heavy atom. The number of hydrogen-bond acceptors (Lipinski definition) is 3. The molecule has 3 rings (SSSR count). The van der Waals surface area contributed by atoms with E-state index in [2.05, 4.69) is 63.1 Å². The van der Waals surface area contributed by atoms with Crippen LogP contribution >= 0.6 is 24.0 Å². The van der Waals surface area contributed by atoms with Crippen molar-refractivity contribution in [3.8, 4) is 0 Å². The standard InChI is InChI=1S/C19H24N6.HI/c1-15(16-8-4-3-5-9-16)11-12-21-19(20-2)22-14-18-24-23-17-10-6-7-13-25(17)18;/h3-10,13,15H,11-12,14H2,1-2H3,(H2,20,21,22);1H. The quantitative estimate of drug-likeness (QED) is 0.334. The van der Waals surface area contributed by atoms with Crippen LogP contribution in [0, 0.1) is 0 Å². The van der Waals surface area contributed by atoms with E-state index in [1.165, 1.54) is 5.56 Å². The summed E-state index contributed by atoms with van der Waals surface area (Å²) in [5.41, 5.74) is 2.21. The molecule has 0 aliphatic carbocycles. The molecule has 0 aliphatic rings. The molecule has 2 heterocycles. The highest BCUT2D eigenvalue weighted by atomic mass is 127. The highest BCUT2D eigenvalue weighted by molar-refractivity contribution is 14.0. The maximum atomic E-state index is 4.27. The van der Waals surface area contributed by atoms with Crippen LogP contribution in [0.1, 0.15) is 30.7 Å². The first-order valence-corrected chi connectivity index (χ1v) is 8.56. The largest absolute Gasteiger partial charge is 0.356 e. The number of aliphatic imine (C=N–C) groups is 1. The van der Waals surface area contributed by atoms with Gasteiger partial charge in [-0.2, -0.15) is 0 Å². The number of hydrogen-bond donors (Lipinski definition) is 2. The lowest BCUT2D eigenvalue weighted by Crippen LogP contribution is -2.38. The van der Waals surface area contributed by atoms with Gasteiger partial charge in [-0.25, -0.2) is 0 Å². The van der Waals surface area contributed by atoms with Crippen LogP contribution in [0.5, 0.6) is 0 Å². The van der Waals surface area contributed by atoms with Crippen molar-refractivity contribution in [3.63, 3.8) is 0 Å². The molecule has 0 saturated carbocycles. The lowest BCUT2D eigenvalue weighted by Gasteiger charge is -2.15. The van der Waals surface area contributed by atoms with Crippen LogP contribution in [0.25, 0.3) is 5.65 Å². The van der Waals surface area contributed by atoms with Crippen molar-refractivity contribution in [1.29, 1.82) is 0 Å². The predicted molar refractivity (Wildman–Crippen MR) is 116 cm³/mol. The minimum Gasteiger partial charge on any atom is -0.356 e. The Hall–Kier alpha value is -2.16. The van der Waals surface area contributed by atoms with E-state index in [-0.39, 0.29) is 24.0 Å². The number of nitrogens with zero attached hydrogens (tertiary/aromatic N) is 4. The van der Waals surface area contributed by atoms with Gasteiger partial charge in [0.15, 0.2) is 17.4 Å². The van der Waals surface area contributed by atoms with E-state index < -0.39 is 0 Å². The molecule has 6 nitrogen and oxygen atoms in total. The van der Waals surface area contributed by atoms with Crippen LogP contribution in [0.3, 0.4) is 0 Å². The molecule has 0 saturated heterocycles. The third-order valence-electron chi connectivity index (χ3n) is 4.26. The summed E-state index contributed by atoms with van der Waals surface area (Å²) < 4.78 is 1.97. The molecular formula is C19H25IN6. The molecule has 0 aliphatic heterocycles. The van der Waals surface area contributed by atoms with E-state index in [1.54, 1.807) is 7.05 Å². The van der Waals surface area contributed by atoms with Crippen LogP contribution in [0.15, 0.2) is 59.7 Å². The number of nitrogens with one attached hydrogen (secondary N) is 2. The molecular weight excluding hydrogens is 439 g/mol. The first-order valence-electron chi connectivity index (χ1n) is 8.56. The van der Waals surface area contributed by atoms with Gasteiger partial charge in [-0.1, -0.05) is 43.3 Å². The topological polar surface area (TPSA) is 66.6 Å². The summed E-state index contributed by atoms with van der Waals surface area (Å²) in [6.07, 6.45) is 3.00. The van der Waals surface area contributed by atoms with Crippen molar-refractivity contribution in [2.45, 2.75) is 25.8 Å². The summed E-state index contributed by atoms with van der Waals surface area (Å²) in [5, 5.41) is 15.0. The van der Waals surface area contributed by atoms with Crippen LogP contribution in [0.2, 0.25) is 0 Å². The molecule has 1 aromatic carbocycles. The molecule has 1 atom stereocenters. The van der Waals surface area contributed by atoms with E-state index in [9.17, 15) is 0 Å². The number of pyridine rings is 1. The van der Waals surface area contributed by atoms with E-state index in [0.717, 1.165) is 30.4 Å². The second-order valence-corrected chi connectivity index (χ2v) is 6.00. The Labute approximate surface area is 171 Å². The maximum Gasteiger partial charge on any atom is 0.191 e. The molecule has 0 bridgehead atoms. The van der Waals surface area contributed by atoms with Crippen LogP contribution < -0.4 is 10.6 Å². The van der Waals surface area contributed by atoms with Gasteiger partial charge >= 0.3 is 0 Å². The van der Waals surface area contributed by atoms with Gasteiger partial charge in [-0.15, -0.1) is 34.2 Å². The molecule has 0 amide bonds. The molecule has 0 spiro atoms. The fourth-order valence-corrected chi connectivity index (χ4v) is 2.75. The first kappa shape index (κ1) is 20.2. The number of guanidine groups is 1. The molecule has 26 heavy (non-hydrogen) atoms. The van der Waals surface area contributed by atoms with E-state index >= 15 is 0 Å². The zero-order valence-electron chi connectivity index (χ0n) is 15.1. The van der Waals surface area contributed by atoms with Gasteiger partial charge in [0, 0.05) is 19.8 Å². The van der Waals surface area contributed by atoms with Crippen molar-refractivity contribution in [3.05, 3.63) is 66.1 Å². The number of rotatable bonds is 6. The minimum atomic E-state index is 0. The van der Waals surface area contributed by atoms with Crippen molar-refractivity contribution in [2.75, 3.05) is 13.6 Å². The van der Waals surface area contributed by atoms with Crippen LogP contribution in [-0.4, -0.2) is 34.2 Å². The fraction of sp³-hybridized carbons (Fsp3) is 0.316. The summed E-state index contributed by atoms with van der Waals surface area (Å²) in [6, 6.07) is 16.4. The summed E-state index contributed by atoms with van der Waals surface area (Å²) in [7, 11) is 1.78. The zero-order valence-corrected chi connectivity index (χ0v) is 17.4. The third kappa shape index (κ3) is 5.17. The SMILES string of the molecule is CN=C(NCCC(C)c1ccccc1)NCc1nnc2ccccn12.I. The Kier molecular flexibility index (Phi) is 7.83. The van der Waals surface area contributed by atoms with Crippen molar-refractivity contribution in [2.24, 2.45) is 4.99 Å². The van der Waals surface area contributed by atoms with E-state index in [4.69, 9.17) is 0 Å². The van der Waals surface area contributed by atoms with Crippen LogP contribution in [-0.2, 0) is 6.54 Å². The van der Waals surface area contributed by atoms with Crippen LogP contribution in [0.4, 0.5) is 0 Å². The van der Waals surface area contributed by atoms with E-state index in [1.807, 2.05) is 28.8 Å². The summed E-state index contributed by atoms with van der Waals surface area (Å²) >= 11 is 0. The summed E-state index contributed by atoms with van der Waals surface area (Å²) in [4.78, 5) is 4.27. The number of halogens is 1. The smallest absolute Gasteiger partial charge is 0.191 e. The zero-order chi connectivity index (χ0) is 17.5. The molecule has 138 valence electrons. The lowest BCUT2D eigenvalue weighted by atomic mass is 9.98. The van der Waals surface area contributed by atoms with Gasteiger partial charge in [-0.3, -0.25) is 9.39 Å². The fourth-order valence-electron chi connectivity index (χ4n) is 2.75. The average Bonchev–Trinajstić information content (AvgIpc) is 3.08. The third-order valence-corrected chi connectivity index (χ3v) is 4.26. The highest BCUT2D eigenvalue weighted by Crippen LogP contribution is 2.17. The second-order valence-electron chi connectivity index (χ2n) is 6.00. The maximum absolute atomic E-state index is 4.27.